The first-order chi connectivity index (χ1) is 31.6. The number of quaternary nitrogens is 1. The summed E-state index contributed by atoms with van der Waals surface area (Å²) >= 11 is 0. The fraction of sp³-hybridized carbons (Fsp3) is 0.946. The highest BCUT2D eigenvalue weighted by Gasteiger charge is 2.20. The quantitative estimate of drug-likeness (QED) is 0.0197. The number of unbranched alkanes of at least 4 members (excludes halogenated alkanes) is 38. The van der Waals surface area contributed by atoms with Gasteiger partial charge in [0.25, 0.3) is 7.82 Å². The number of rotatable bonds is 54. The monoisotopic (exact) mass is 942 g/mol. The minimum Gasteiger partial charge on any atom is -0.756 e. The maximum absolute atomic E-state index is 12.8. The predicted octanol–water partition coefficient (Wildman–Crippen LogP) is 17.1. The summed E-state index contributed by atoms with van der Waals surface area (Å²) in [6.45, 7) is 5.49. The van der Waals surface area contributed by atoms with E-state index in [0.29, 0.717) is 24.1 Å². The Morgan fingerprint density at radius 2 is 0.800 bits per heavy atom. The number of hydrogen-bond donors (Lipinski definition) is 0. The molecule has 0 N–H and O–H groups in total. The van der Waals surface area contributed by atoms with Gasteiger partial charge in [-0.25, -0.2) is 0 Å². The Hall–Kier alpha value is -0.760. The maximum Gasteiger partial charge on any atom is 0.306 e. The van der Waals surface area contributed by atoms with Gasteiger partial charge >= 0.3 is 5.97 Å². The molecule has 0 bridgehead atoms. The van der Waals surface area contributed by atoms with Crippen molar-refractivity contribution < 1.29 is 37.3 Å². The van der Waals surface area contributed by atoms with Crippen LogP contribution in [0.4, 0.5) is 0 Å². The fourth-order valence-corrected chi connectivity index (χ4v) is 9.16. The Kier molecular flexibility index (Phi) is 49.1. The third-order valence-electron chi connectivity index (χ3n) is 12.8. The van der Waals surface area contributed by atoms with Crippen LogP contribution in [0.5, 0.6) is 0 Å². The molecule has 0 aliphatic rings. The van der Waals surface area contributed by atoms with Crippen molar-refractivity contribution in [2.75, 3.05) is 54.1 Å². The van der Waals surface area contributed by atoms with Crippen LogP contribution in [0, 0.1) is 0 Å². The second-order valence-electron chi connectivity index (χ2n) is 20.7. The Labute approximate surface area is 405 Å². The predicted molar refractivity (Wildman–Crippen MR) is 278 cm³/mol. The zero-order valence-corrected chi connectivity index (χ0v) is 45.1. The van der Waals surface area contributed by atoms with Crippen LogP contribution >= 0.6 is 7.82 Å². The van der Waals surface area contributed by atoms with Crippen LogP contribution in [0.15, 0.2) is 12.2 Å². The first-order valence-electron chi connectivity index (χ1n) is 28.4. The van der Waals surface area contributed by atoms with Crippen LogP contribution in [0.25, 0.3) is 0 Å². The van der Waals surface area contributed by atoms with Gasteiger partial charge < -0.3 is 27.9 Å². The number of nitrogens with zero attached hydrogens (tertiary/aromatic N) is 1. The van der Waals surface area contributed by atoms with Crippen molar-refractivity contribution in [3.8, 4) is 0 Å². The lowest BCUT2D eigenvalue weighted by molar-refractivity contribution is -0.870. The molecule has 0 radical (unpaired) electrons. The maximum atomic E-state index is 12.8. The molecule has 65 heavy (non-hydrogen) atoms. The Morgan fingerprint density at radius 1 is 0.462 bits per heavy atom. The zero-order chi connectivity index (χ0) is 47.6. The van der Waals surface area contributed by atoms with Crippen LogP contribution < -0.4 is 4.89 Å². The summed E-state index contributed by atoms with van der Waals surface area (Å²) in [5, 5.41) is 0. The van der Waals surface area contributed by atoms with Crippen LogP contribution in [0.2, 0.25) is 0 Å². The molecule has 8 nitrogen and oxygen atoms in total. The van der Waals surface area contributed by atoms with E-state index >= 15 is 0 Å². The number of phosphoric acid groups is 1. The van der Waals surface area contributed by atoms with E-state index in [1.54, 1.807) is 0 Å². The summed E-state index contributed by atoms with van der Waals surface area (Å²) in [6, 6.07) is 0. The van der Waals surface area contributed by atoms with E-state index in [1.807, 2.05) is 21.1 Å². The van der Waals surface area contributed by atoms with Crippen molar-refractivity contribution >= 4 is 13.8 Å². The van der Waals surface area contributed by atoms with Crippen LogP contribution in [-0.4, -0.2) is 70.7 Å². The lowest BCUT2D eigenvalue weighted by Crippen LogP contribution is -2.37. The molecule has 2 unspecified atom stereocenters. The molecule has 0 aliphatic carbocycles. The van der Waals surface area contributed by atoms with Gasteiger partial charge in [0.05, 0.1) is 34.4 Å². The van der Waals surface area contributed by atoms with Gasteiger partial charge in [0.1, 0.15) is 19.3 Å². The van der Waals surface area contributed by atoms with Gasteiger partial charge in [0.2, 0.25) is 0 Å². The molecular weight excluding hydrogens is 830 g/mol. The number of phosphoric ester groups is 1. The number of hydrogen-bond acceptors (Lipinski definition) is 7. The van der Waals surface area contributed by atoms with Crippen LogP contribution in [-0.2, 0) is 27.9 Å². The lowest BCUT2D eigenvalue weighted by Gasteiger charge is -2.28. The SMILES string of the molecule is CCCCCCCCCC/C=C\CCCCCCCCCCCCCCCCOCC(COP(=O)([O-])OCC[N+](C)(C)C)OC(=O)CCCCCCCCCCCCCCCCCCC. The number of esters is 1. The molecule has 0 rings (SSSR count). The highest BCUT2D eigenvalue weighted by atomic mass is 31.2. The van der Waals surface area contributed by atoms with Crippen molar-refractivity contribution in [1.82, 2.24) is 0 Å². The van der Waals surface area contributed by atoms with Gasteiger partial charge in [-0.05, 0) is 38.5 Å². The second kappa shape index (κ2) is 49.7. The van der Waals surface area contributed by atoms with Gasteiger partial charge in [-0.1, -0.05) is 251 Å². The minimum absolute atomic E-state index is 0.0304. The molecular formula is C56H112NO7P. The summed E-state index contributed by atoms with van der Waals surface area (Å²) in [7, 11) is 1.38. The van der Waals surface area contributed by atoms with Crippen molar-refractivity contribution in [1.29, 1.82) is 0 Å². The third-order valence-corrected chi connectivity index (χ3v) is 13.8. The summed E-state index contributed by atoms with van der Waals surface area (Å²) in [5.74, 6) is -0.326. The van der Waals surface area contributed by atoms with E-state index in [9.17, 15) is 14.3 Å². The van der Waals surface area contributed by atoms with E-state index in [-0.39, 0.29) is 25.8 Å². The Bertz CT molecular complexity index is 1050. The summed E-state index contributed by atoms with van der Waals surface area (Å²) in [6.07, 6.45) is 58.2. The average molecular weight is 942 g/mol. The first kappa shape index (κ1) is 64.2. The number of carbonyl (C=O) groups is 1. The van der Waals surface area contributed by atoms with E-state index in [4.69, 9.17) is 18.5 Å². The van der Waals surface area contributed by atoms with E-state index in [1.165, 1.54) is 231 Å². The number of ether oxygens (including phenoxy) is 2. The largest absolute Gasteiger partial charge is 0.756 e. The highest BCUT2D eigenvalue weighted by Crippen LogP contribution is 2.38. The number of likely N-dealkylation sites (N-methyl/N-ethyl adjacent to an activating group) is 1. The van der Waals surface area contributed by atoms with E-state index < -0.39 is 13.9 Å². The molecule has 0 heterocycles. The molecule has 9 heteroatoms. The van der Waals surface area contributed by atoms with Crippen LogP contribution in [0.1, 0.15) is 284 Å². The molecule has 0 aromatic carbocycles. The lowest BCUT2D eigenvalue weighted by atomic mass is 10.0. The summed E-state index contributed by atoms with van der Waals surface area (Å²) < 4.78 is 34.8. The normalized spacial score (nSPS) is 13.5. The Morgan fingerprint density at radius 3 is 1.17 bits per heavy atom. The zero-order valence-electron chi connectivity index (χ0n) is 44.2. The molecule has 0 saturated carbocycles. The molecule has 0 aliphatic heterocycles. The summed E-state index contributed by atoms with van der Waals surface area (Å²) in [4.78, 5) is 25.2. The van der Waals surface area contributed by atoms with Crippen molar-refractivity contribution in [2.45, 2.75) is 290 Å². The van der Waals surface area contributed by atoms with Crippen molar-refractivity contribution in [3.63, 3.8) is 0 Å². The second-order valence-corrected chi connectivity index (χ2v) is 22.1. The van der Waals surface area contributed by atoms with E-state index in [2.05, 4.69) is 26.0 Å². The van der Waals surface area contributed by atoms with Gasteiger partial charge in [0.15, 0.2) is 0 Å². The highest BCUT2D eigenvalue weighted by molar-refractivity contribution is 7.45. The number of allylic oxidation sites excluding steroid dienone is 2. The fourth-order valence-electron chi connectivity index (χ4n) is 8.43. The van der Waals surface area contributed by atoms with E-state index in [0.717, 1.165) is 32.1 Å². The van der Waals surface area contributed by atoms with Gasteiger partial charge in [0, 0.05) is 13.0 Å². The minimum atomic E-state index is -4.53. The molecule has 0 fully saturated rings. The first-order valence-corrected chi connectivity index (χ1v) is 29.9. The molecule has 0 saturated heterocycles. The van der Waals surface area contributed by atoms with Crippen molar-refractivity contribution in [3.05, 3.63) is 12.2 Å². The molecule has 0 spiro atoms. The molecule has 0 amide bonds. The van der Waals surface area contributed by atoms with Gasteiger partial charge in [-0.15, -0.1) is 0 Å². The molecule has 0 aromatic rings. The molecule has 2 atom stereocenters. The van der Waals surface area contributed by atoms with Gasteiger partial charge in [-0.2, -0.15) is 0 Å². The average Bonchev–Trinajstić information content (AvgIpc) is 3.27. The standard InChI is InChI=1S/C56H112NO7P/c1-6-8-10-12-14-16-18-20-22-24-25-26-27-28-29-30-31-32-34-36-38-40-42-44-46-48-51-61-53-55(54-63-65(59,60)62-52-50-57(3,4)5)64-56(58)49-47-45-43-41-39-37-35-33-23-21-19-17-15-13-11-9-7-2/h24-25,55H,6-23,26-54H2,1-5H3/b25-24-. The molecule has 0 aromatic heterocycles. The number of carbonyl (C=O) groups excluding carboxylic acids is 1. The molecule has 388 valence electrons. The smallest absolute Gasteiger partial charge is 0.306 e. The van der Waals surface area contributed by atoms with Gasteiger partial charge in [-0.3, -0.25) is 9.36 Å². The van der Waals surface area contributed by atoms with Crippen molar-refractivity contribution in [2.24, 2.45) is 0 Å². The topological polar surface area (TPSA) is 94.1 Å². The third kappa shape index (κ3) is 54.1. The Balaban J connectivity index is 4.00. The van der Waals surface area contributed by atoms with Crippen LogP contribution in [0.3, 0.4) is 0 Å². The summed E-state index contributed by atoms with van der Waals surface area (Å²) in [5.41, 5.74) is 0.